The zero-order chi connectivity index (χ0) is 16.6. The first kappa shape index (κ1) is 16.7. The Hall–Kier alpha value is -2.13. The highest BCUT2D eigenvalue weighted by Gasteiger charge is 2.22. The van der Waals surface area contributed by atoms with Gasteiger partial charge >= 0.3 is 0 Å². The van der Waals surface area contributed by atoms with Crippen LogP contribution in [0.5, 0.6) is 0 Å². The van der Waals surface area contributed by atoms with Crippen LogP contribution < -0.4 is 5.32 Å². The minimum absolute atomic E-state index is 0.0206. The van der Waals surface area contributed by atoms with Crippen LogP contribution in [-0.4, -0.2) is 36.5 Å². The molecule has 3 rings (SSSR count). The van der Waals surface area contributed by atoms with Crippen molar-refractivity contribution in [2.45, 2.75) is 31.7 Å². The molecular weight excluding hydrogens is 296 g/mol. The number of hydrogen-bond donors (Lipinski definition) is 1. The van der Waals surface area contributed by atoms with Crippen LogP contribution in [0.3, 0.4) is 0 Å². The number of hydrogen-bond acceptors (Lipinski definition) is 2. The third-order valence-electron chi connectivity index (χ3n) is 4.78. The SMILES string of the molecule is O=C(NCCN1CCCCC1Cc1ccccc1)c1ccccc1. The van der Waals surface area contributed by atoms with Crippen molar-refractivity contribution >= 4 is 5.91 Å². The number of rotatable bonds is 6. The monoisotopic (exact) mass is 322 g/mol. The van der Waals surface area contributed by atoms with Crippen LogP contribution in [0.1, 0.15) is 35.2 Å². The van der Waals surface area contributed by atoms with E-state index in [0.717, 1.165) is 25.1 Å². The fourth-order valence-electron chi connectivity index (χ4n) is 3.48. The lowest BCUT2D eigenvalue weighted by atomic mass is 9.95. The normalized spacial score (nSPS) is 18.2. The van der Waals surface area contributed by atoms with Gasteiger partial charge in [-0.15, -0.1) is 0 Å². The van der Waals surface area contributed by atoms with Gasteiger partial charge < -0.3 is 5.32 Å². The van der Waals surface area contributed by atoms with Crippen molar-refractivity contribution in [2.24, 2.45) is 0 Å². The third-order valence-corrected chi connectivity index (χ3v) is 4.78. The average molecular weight is 322 g/mol. The first-order valence-corrected chi connectivity index (χ1v) is 8.94. The molecule has 1 aliphatic heterocycles. The molecule has 1 fully saturated rings. The molecule has 2 aromatic rings. The van der Waals surface area contributed by atoms with Crippen molar-refractivity contribution in [3.63, 3.8) is 0 Å². The van der Waals surface area contributed by atoms with Crippen LogP contribution in [0.25, 0.3) is 0 Å². The van der Waals surface area contributed by atoms with Gasteiger partial charge in [0.2, 0.25) is 0 Å². The number of nitrogens with one attached hydrogen (secondary N) is 1. The molecule has 24 heavy (non-hydrogen) atoms. The quantitative estimate of drug-likeness (QED) is 0.882. The Morgan fingerprint density at radius 3 is 2.46 bits per heavy atom. The maximum Gasteiger partial charge on any atom is 0.251 e. The van der Waals surface area contributed by atoms with E-state index in [9.17, 15) is 4.79 Å². The lowest BCUT2D eigenvalue weighted by molar-refractivity contribution is 0.0935. The Morgan fingerprint density at radius 2 is 1.71 bits per heavy atom. The predicted octanol–water partition coefficient (Wildman–Crippen LogP) is 3.51. The molecule has 0 aromatic heterocycles. The number of benzene rings is 2. The van der Waals surface area contributed by atoms with Crippen molar-refractivity contribution in [3.05, 3.63) is 71.8 Å². The highest BCUT2D eigenvalue weighted by Crippen LogP contribution is 2.20. The van der Waals surface area contributed by atoms with Gasteiger partial charge in [-0.1, -0.05) is 55.0 Å². The molecule has 1 unspecified atom stereocenters. The number of carbonyl (C=O) groups is 1. The Kier molecular flexibility index (Phi) is 6.02. The Balaban J connectivity index is 1.50. The Bertz CT molecular complexity index is 627. The zero-order valence-electron chi connectivity index (χ0n) is 14.2. The molecule has 126 valence electrons. The number of carbonyl (C=O) groups excluding carboxylic acids is 1. The van der Waals surface area contributed by atoms with E-state index in [1.54, 1.807) is 0 Å². The van der Waals surface area contributed by atoms with Crippen molar-refractivity contribution in [2.75, 3.05) is 19.6 Å². The van der Waals surface area contributed by atoms with Crippen LogP contribution in [-0.2, 0) is 6.42 Å². The summed E-state index contributed by atoms with van der Waals surface area (Å²) in [4.78, 5) is 14.7. The highest BCUT2D eigenvalue weighted by atomic mass is 16.1. The van der Waals surface area contributed by atoms with Gasteiger partial charge in [0.1, 0.15) is 0 Å². The molecule has 1 N–H and O–H groups in total. The second kappa shape index (κ2) is 8.65. The fraction of sp³-hybridized carbons (Fsp3) is 0.381. The third kappa shape index (κ3) is 4.68. The average Bonchev–Trinajstić information content (AvgIpc) is 2.64. The zero-order valence-corrected chi connectivity index (χ0v) is 14.2. The first-order chi connectivity index (χ1) is 11.8. The first-order valence-electron chi connectivity index (χ1n) is 8.94. The van der Waals surface area contributed by atoms with Crippen LogP contribution in [0.2, 0.25) is 0 Å². The van der Waals surface area contributed by atoms with Gasteiger partial charge in [0, 0.05) is 24.7 Å². The summed E-state index contributed by atoms with van der Waals surface area (Å²) in [6.45, 7) is 2.77. The second-order valence-electron chi connectivity index (χ2n) is 6.50. The van der Waals surface area contributed by atoms with Gasteiger partial charge in [-0.25, -0.2) is 0 Å². The van der Waals surface area contributed by atoms with E-state index < -0.39 is 0 Å². The second-order valence-corrected chi connectivity index (χ2v) is 6.50. The Morgan fingerprint density at radius 1 is 1.00 bits per heavy atom. The summed E-state index contributed by atoms with van der Waals surface area (Å²) < 4.78 is 0. The maximum absolute atomic E-state index is 12.1. The van der Waals surface area contributed by atoms with E-state index in [1.807, 2.05) is 30.3 Å². The van der Waals surface area contributed by atoms with Gasteiger partial charge in [-0.05, 0) is 43.5 Å². The molecule has 3 heteroatoms. The topological polar surface area (TPSA) is 32.3 Å². The van der Waals surface area contributed by atoms with E-state index >= 15 is 0 Å². The molecule has 1 atom stereocenters. The molecule has 0 aliphatic carbocycles. The van der Waals surface area contributed by atoms with Crippen LogP contribution in [0.4, 0.5) is 0 Å². The summed E-state index contributed by atoms with van der Waals surface area (Å²) in [6.07, 6.45) is 4.93. The van der Waals surface area contributed by atoms with Gasteiger partial charge in [0.15, 0.2) is 0 Å². The van der Waals surface area contributed by atoms with Crippen molar-refractivity contribution in [3.8, 4) is 0 Å². The number of piperidine rings is 1. The van der Waals surface area contributed by atoms with E-state index in [-0.39, 0.29) is 5.91 Å². The minimum Gasteiger partial charge on any atom is -0.351 e. The van der Waals surface area contributed by atoms with E-state index in [1.165, 1.54) is 24.8 Å². The molecule has 1 saturated heterocycles. The van der Waals surface area contributed by atoms with Crippen molar-refractivity contribution in [1.29, 1.82) is 0 Å². The molecule has 3 nitrogen and oxygen atoms in total. The van der Waals surface area contributed by atoms with E-state index in [2.05, 4.69) is 40.5 Å². The molecule has 0 radical (unpaired) electrons. The molecule has 1 amide bonds. The summed E-state index contributed by atoms with van der Waals surface area (Å²) in [5.74, 6) is 0.0206. The number of amides is 1. The molecule has 1 aliphatic rings. The van der Waals surface area contributed by atoms with Crippen LogP contribution in [0.15, 0.2) is 60.7 Å². The number of nitrogens with zero attached hydrogens (tertiary/aromatic N) is 1. The van der Waals surface area contributed by atoms with Gasteiger partial charge in [-0.3, -0.25) is 9.69 Å². The smallest absolute Gasteiger partial charge is 0.251 e. The summed E-state index contributed by atoms with van der Waals surface area (Å²) in [7, 11) is 0. The van der Waals surface area contributed by atoms with Gasteiger partial charge in [0.05, 0.1) is 0 Å². The summed E-state index contributed by atoms with van der Waals surface area (Å²) in [6, 6.07) is 20.8. The van der Waals surface area contributed by atoms with Gasteiger partial charge in [0.25, 0.3) is 5.91 Å². The maximum atomic E-state index is 12.1. The summed E-state index contributed by atoms with van der Waals surface area (Å²) in [5, 5.41) is 3.05. The lowest BCUT2D eigenvalue weighted by Crippen LogP contribution is -2.44. The molecule has 2 aromatic carbocycles. The summed E-state index contributed by atoms with van der Waals surface area (Å²) in [5.41, 5.74) is 2.14. The van der Waals surface area contributed by atoms with Crippen molar-refractivity contribution in [1.82, 2.24) is 10.2 Å². The highest BCUT2D eigenvalue weighted by molar-refractivity contribution is 5.94. The molecule has 0 saturated carbocycles. The Labute approximate surface area is 144 Å². The van der Waals surface area contributed by atoms with E-state index in [4.69, 9.17) is 0 Å². The lowest BCUT2D eigenvalue weighted by Gasteiger charge is -2.36. The van der Waals surface area contributed by atoms with Crippen LogP contribution >= 0.6 is 0 Å². The van der Waals surface area contributed by atoms with E-state index in [0.29, 0.717) is 12.6 Å². The van der Waals surface area contributed by atoms with Crippen molar-refractivity contribution < 1.29 is 4.79 Å². The largest absolute Gasteiger partial charge is 0.351 e. The molecule has 0 spiro atoms. The summed E-state index contributed by atoms with van der Waals surface area (Å²) >= 11 is 0. The van der Waals surface area contributed by atoms with Crippen LogP contribution in [0, 0.1) is 0 Å². The molecular formula is C21H26N2O. The number of likely N-dealkylation sites (tertiary alicyclic amines) is 1. The molecule has 0 bridgehead atoms. The molecule has 1 heterocycles. The van der Waals surface area contributed by atoms with Gasteiger partial charge in [-0.2, -0.15) is 0 Å². The minimum atomic E-state index is 0.0206. The predicted molar refractivity (Wildman–Crippen MR) is 98.1 cm³/mol. The fourth-order valence-corrected chi connectivity index (χ4v) is 3.48. The standard InChI is InChI=1S/C21H26N2O/c24-21(19-11-5-2-6-12-19)22-14-16-23-15-8-7-13-20(23)17-18-9-3-1-4-10-18/h1-6,9-12,20H,7-8,13-17H2,(H,22,24).